The topological polar surface area (TPSA) is 76.5 Å². The maximum atomic E-state index is 12.8. The van der Waals surface area contributed by atoms with Gasteiger partial charge in [-0.25, -0.2) is 0 Å². The maximum Gasteiger partial charge on any atom is 0.270 e. The zero-order valence-electron chi connectivity index (χ0n) is 14.4. The van der Waals surface area contributed by atoms with Crippen LogP contribution in [0.5, 0.6) is 0 Å². The number of rotatable bonds is 1. The fraction of sp³-hybridized carbons (Fsp3) is 0.389. The highest BCUT2D eigenvalue weighted by atomic mass is 35.5. The number of carbonyl (C=O) groups excluding carboxylic acids is 2. The van der Waals surface area contributed by atoms with E-state index in [0.29, 0.717) is 58.6 Å². The van der Waals surface area contributed by atoms with E-state index in [-0.39, 0.29) is 18.4 Å². The van der Waals surface area contributed by atoms with Crippen molar-refractivity contribution in [1.82, 2.24) is 15.1 Å². The Bertz CT molecular complexity index is 806. The summed E-state index contributed by atoms with van der Waals surface area (Å²) in [5.74, 6) is -0.324. The van der Waals surface area contributed by atoms with Crippen LogP contribution in [0.4, 0.5) is 0 Å². The number of nitrogens with zero attached hydrogens (tertiary/aromatic N) is 2. The molecule has 2 aliphatic heterocycles. The number of hydrogen-bond acceptors (Lipinski definition) is 4. The molecule has 0 radical (unpaired) electrons. The van der Waals surface area contributed by atoms with Crippen molar-refractivity contribution in [3.05, 3.63) is 45.1 Å². The Morgan fingerprint density at radius 1 is 1.23 bits per heavy atom. The molecule has 2 heterocycles. The van der Waals surface area contributed by atoms with Gasteiger partial charge in [-0.1, -0.05) is 23.2 Å². The van der Waals surface area contributed by atoms with E-state index in [0.717, 1.165) is 6.42 Å². The minimum absolute atomic E-state index is 0.133. The number of nitrogens with one attached hydrogen (secondary N) is 2. The SMILES string of the molecule is CN1CCCN/C(=C2/CN(C(=O)c3ccc(Cl)c(Cl)c3)CCC2=N)C1=O. The summed E-state index contributed by atoms with van der Waals surface area (Å²) in [5, 5.41) is 12.1. The molecule has 1 aromatic rings. The van der Waals surface area contributed by atoms with Crippen molar-refractivity contribution in [2.45, 2.75) is 12.8 Å². The quantitative estimate of drug-likeness (QED) is 0.718. The zero-order valence-corrected chi connectivity index (χ0v) is 16.0. The fourth-order valence-corrected chi connectivity index (χ4v) is 3.41. The van der Waals surface area contributed by atoms with E-state index in [9.17, 15) is 9.59 Å². The molecule has 0 bridgehead atoms. The van der Waals surface area contributed by atoms with Gasteiger partial charge in [-0.2, -0.15) is 0 Å². The number of likely N-dealkylation sites (N-methyl/N-ethyl adjacent to an activating group) is 1. The summed E-state index contributed by atoms with van der Waals surface area (Å²) < 4.78 is 0. The van der Waals surface area contributed by atoms with Crippen LogP contribution in [0.25, 0.3) is 0 Å². The first kappa shape index (κ1) is 18.7. The first-order valence-electron chi connectivity index (χ1n) is 8.43. The van der Waals surface area contributed by atoms with Crippen LogP contribution >= 0.6 is 23.2 Å². The van der Waals surface area contributed by atoms with Gasteiger partial charge in [-0.15, -0.1) is 0 Å². The van der Waals surface area contributed by atoms with E-state index >= 15 is 0 Å². The highest BCUT2D eigenvalue weighted by Gasteiger charge is 2.30. The molecular weight excluding hydrogens is 375 g/mol. The predicted molar refractivity (Wildman–Crippen MR) is 102 cm³/mol. The van der Waals surface area contributed by atoms with Crippen LogP contribution in [0.15, 0.2) is 29.5 Å². The number of halogens is 2. The predicted octanol–water partition coefficient (Wildman–Crippen LogP) is 2.56. The van der Waals surface area contributed by atoms with Gasteiger partial charge in [0.1, 0.15) is 5.70 Å². The molecule has 8 heteroatoms. The van der Waals surface area contributed by atoms with E-state index < -0.39 is 0 Å². The summed E-state index contributed by atoms with van der Waals surface area (Å²) in [6.45, 7) is 1.99. The highest BCUT2D eigenvalue weighted by molar-refractivity contribution is 6.42. The fourth-order valence-electron chi connectivity index (χ4n) is 3.11. The summed E-state index contributed by atoms with van der Waals surface area (Å²) in [4.78, 5) is 28.7. The molecule has 2 N–H and O–H groups in total. The van der Waals surface area contributed by atoms with Gasteiger partial charge in [0.2, 0.25) is 0 Å². The van der Waals surface area contributed by atoms with Gasteiger partial charge in [0.15, 0.2) is 0 Å². The molecule has 1 aromatic carbocycles. The zero-order chi connectivity index (χ0) is 18.8. The molecule has 0 atom stereocenters. The van der Waals surface area contributed by atoms with Crippen LogP contribution < -0.4 is 5.32 Å². The summed E-state index contributed by atoms with van der Waals surface area (Å²) in [6, 6.07) is 4.77. The molecule has 26 heavy (non-hydrogen) atoms. The summed E-state index contributed by atoms with van der Waals surface area (Å²) in [7, 11) is 1.75. The molecule has 0 spiro atoms. The number of likely N-dealkylation sites (tertiary alicyclic amines) is 1. The molecule has 138 valence electrons. The molecule has 2 amide bonds. The third-order valence-electron chi connectivity index (χ3n) is 4.63. The third kappa shape index (κ3) is 3.71. The summed E-state index contributed by atoms with van der Waals surface area (Å²) in [6.07, 6.45) is 1.25. The number of piperidine rings is 1. The molecule has 6 nitrogen and oxygen atoms in total. The second-order valence-corrected chi connectivity index (χ2v) is 7.26. The number of benzene rings is 1. The number of amides is 2. The Hall–Kier alpha value is -2.05. The molecular formula is C18H20Cl2N4O2. The van der Waals surface area contributed by atoms with Gasteiger partial charge in [0.05, 0.1) is 10.0 Å². The normalized spacial score (nSPS) is 21.5. The molecule has 0 aromatic heterocycles. The lowest BCUT2D eigenvalue weighted by Gasteiger charge is -2.31. The molecule has 2 fully saturated rings. The smallest absolute Gasteiger partial charge is 0.270 e. The van der Waals surface area contributed by atoms with Crippen molar-refractivity contribution in [1.29, 1.82) is 5.41 Å². The van der Waals surface area contributed by atoms with Gasteiger partial charge in [-0.05, 0) is 24.6 Å². The lowest BCUT2D eigenvalue weighted by molar-refractivity contribution is -0.125. The van der Waals surface area contributed by atoms with Crippen LogP contribution in [0, 0.1) is 5.41 Å². The highest BCUT2D eigenvalue weighted by Crippen LogP contribution is 2.25. The van der Waals surface area contributed by atoms with E-state index in [1.807, 2.05) is 0 Å². The third-order valence-corrected chi connectivity index (χ3v) is 5.37. The molecule has 0 saturated carbocycles. The van der Waals surface area contributed by atoms with Crippen molar-refractivity contribution in [3.8, 4) is 0 Å². The van der Waals surface area contributed by atoms with E-state index in [4.69, 9.17) is 28.6 Å². The summed E-state index contributed by atoms with van der Waals surface area (Å²) in [5.41, 5.74) is 1.86. The second-order valence-electron chi connectivity index (χ2n) is 6.44. The number of carbonyl (C=O) groups is 2. The molecule has 0 aliphatic carbocycles. The molecule has 2 saturated heterocycles. The van der Waals surface area contributed by atoms with E-state index in [1.54, 1.807) is 35.0 Å². The molecule has 2 aliphatic rings. The van der Waals surface area contributed by atoms with Gasteiger partial charge in [0, 0.05) is 56.5 Å². The van der Waals surface area contributed by atoms with Crippen LogP contribution in [0.1, 0.15) is 23.2 Å². The monoisotopic (exact) mass is 394 g/mol. The van der Waals surface area contributed by atoms with Crippen molar-refractivity contribution in [2.24, 2.45) is 0 Å². The summed E-state index contributed by atoms with van der Waals surface area (Å²) >= 11 is 11.9. The van der Waals surface area contributed by atoms with E-state index in [1.165, 1.54) is 0 Å². The van der Waals surface area contributed by atoms with Crippen LogP contribution in [0.2, 0.25) is 10.0 Å². The van der Waals surface area contributed by atoms with Crippen LogP contribution in [-0.4, -0.2) is 60.6 Å². The number of hydrogen-bond donors (Lipinski definition) is 2. The molecule has 3 rings (SSSR count). The molecule has 0 unspecified atom stereocenters. The lowest BCUT2D eigenvalue weighted by atomic mass is 9.98. The van der Waals surface area contributed by atoms with Gasteiger partial charge < -0.3 is 20.5 Å². The first-order chi connectivity index (χ1) is 12.4. The Kier molecular flexibility index (Phi) is 5.53. The largest absolute Gasteiger partial charge is 0.380 e. The minimum Gasteiger partial charge on any atom is -0.380 e. The average molecular weight is 395 g/mol. The minimum atomic E-state index is -0.191. The first-order valence-corrected chi connectivity index (χ1v) is 9.18. The lowest BCUT2D eigenvalue weighted by Crippen LogP contribution is -2.43. The van der Waals surface area contributed by atoms with E-state index in [2.05, 4.69) is 5.32 Å². The van der Waals surface area contributed by atoms with Gasteiger partial charge in [0.25, 0.3) is 11.8 Å². The van der Waals surface area contributed by atoms with Gasteiger partial charge in [-0.3, -0.25) is 9.59 Å². The van der Waals surface area contributed by atoms with Crippen molar-refractivity contribution >= 4 is 40.7 Å². The van der Waals surface area contributed by atoms with Crippen LogP contribution in [0.3, 0.4) is 0 Å². The van der Waals surface area contributed by atoms with Crippen LogP contribution in [-0.2, 0) is 4.79 Å². The Balaban J connectivity index is 1.88. The Morgan fingerprint density at radius 2 is 2.00 bits per heavy atom. The second kappa shape index (κ2) is 7.68. The average Bonchev–Trinajstić information content (AvgIpc) is 2.79. The Labute approximate surface area is 162 Å². The van der Waals surface area contributed by atoms with Crippen molar-refractivity contribution < 1.29 is 9.59 Å². The van der Waals surface area contributed by atoms with Crippen molar-refractivity contribution in [3.63, 3.8) is 0 Å². The maximum absolute atomic E-state index is 12.8. The van der Waals surface area contributed by atoms with Crippen molar-refractivity contribution in [2.75, 3.05) is 33.2 Å². The van der Waals surface area contributed by atoms with Gasteiger partial charge >= 0.3 is 0 Å². The Morgan fingerprint density at radius 3 is 2.73 bits per heavy atom. The standard InChI is InChI=1S/C18H20Cl2N4O2/c1-23-7-2-6-22-16(18(23)26)12-10-24(8-5-15(12)21)17(25)11-3-4-13(19)14(20)9-11/h3-4,9,21-22H,2,5-8,10H2,1H3/b16-12-,21-15?.